The fourth-order valence-electron chi connectivity index (χ4n) is 2.52. The van der Waals surface area contributed by atoms with Crippen LogP contribution in [0.25, 0.3) is 0 Å². The van der Waals surface area contributed by atoms with Gasteiger partial charge in [0.05, 0.1) is 12.0 Å². The van der Waals surface area contributed by atoms with Gasteiger partial charge in [-0.2, -0.15) is 0 Å². The van der Waals surface area contributed by atoms with Gasteiger partial charge in [-0.15, -0.1) is 0 Å². The molecule has 7 heteroatoms. The summed E-state index contributed by atoms with van der Waals surface area (Å²) in [7, 11) is -2.10. The number of carbonyl (C=O) groups excluding carboxylic acids is 1. The Morgan fingerprint density at radius 3 is 2.14 bits per heavy atom. The third kappa shape index (κ3) is 4.97. The van der Waals surface area contributed by atoms with Gasteiger partial charge in [-0.25, -0.2) is 13.1 Å². The molecule has 0 atom stereocenters. The topological polar surface area (TPSA) is 84.5 Å². The Balaban J connectivity index is 1.65. The number of amides is 1. The highest BCUT2D eigenvalue weighted by Gasteiger charge is 2.15. The first-order valence-corrected chi connectivity index (χ1v) is 10.1. The van der Waals surface area contributed by atoms with Crippen LogP contribution >= 0.6 is 0 Å². The summed E-state index contributed by atoms with van der Waals surface area (Å²) in [5, 5.41) is 2.75. The zero-order valence-corrected chi connectivity index (χ0v) is 16.1. The number of sulfonamides is 1. The molecule has 0 aliphatic carbocycles. The molecule has 0 radical (unpaired) electrons. The molecule has 0 spiro atoms. The Morgan fingerprint density at radius 2 is 1.54 bits per heavy atom. The molecule has 0 aliphatic heterocycles. The molecule has 1 amide bonds. The van der Waals surface area contributed by atoms with Gasteiger partial charge in [0.2, 0.25) is 10.0 Å². The van der Waals surface area contributed by atoms with Crippen molar-refractivity contribution in [2.24, 2.45) is 0 Å². The second kappa shape index (κ2) is 8.69. The van der Waals surface area contributed by atoms with Gasteiger partial charge in [0.15, 0.2) is 0 Å². The lowest BCUT2D eigenvalue weighted by atomic mass is 10.2. The van der Waals surface area contributed by atoms with Crippen molar-refractivity contribution in [3.63, 3.8) is 0 Å². The Kier molecular flexibility index (Phi) is 6.08. The molecule has 144 valence electrons. The molecular formula is C21H20N2O4S. The van der Waals surface area contributed by atoms with Crippen molar-refractivity contribution in [1.82, 2.24) is 4.72 Å². The van der Waals surface area contributed by atoms with Crippen LogP contribution in [0.4, 0.5) is 5.69 Å². The minimum absolute atomic E-state index is 0.101. The second-order valence-corrected chi connectivity index (χ2v) is 7.78. The summed E-state index contributed by atoms with van der Waals surface area (Å²) in [6.07, 6.45) is 0. The highest BCUT2D eigenvalue weighted by atomic mass is 32.2. The zero-order chi connectivity index (χ0) is 20.0. The Bertz CT molecular complexity index is 1030. The lowest BCUT2D eigenvalue weighted by Crippen LogP contribution is -2.23. The Labute approximate surface area is 164 Å². The summed E-state index contributed by atoms with van der Waals surface area (Å²) in [5.74, 6) is 0.363. The number of hydrogen-bond acceptors (Lipinski definition) is 4. The predicted molar refractivity (Wildman–Crippen MR) is 108 cm³/mol. The number of hydrogen-bond donors (Lipinski definition) is 2. The van der Waals surface area contributed by atoms with Crippen molar-refractivity contribution < 1.29 is 17.9 Å². The minimum atomic E-state index is -3.66. The monoisotopic (exact) mass is 396 g/mol. The molecule has 0 unspecified atom stereocenters. The number of carbonyl (C=O) groups is 1. The van der Waals surface area contributed by atoms with Gasteiger partial charge in [-0.05, 0) is 54.1 Å². The average Bonchev–Trinajstić information content (AvgIpc) is 2.74. The molecular weight excluding hydrogens is 376 g/mol. The van der Waals surface area contributed by atoms with Crippen molar-refractivity contribution in [2.75, 3.05) is 12.4 Å². The maximum Gasteiger partial charge on any atom is 0.255 e. The summed E-state index contributed by atoms with van der Waals surface area (Å²) in [6, 6.07) is 22.0. The standard InChI is InChI=1S/C21H20N2O4S/c1-27-19-11-9-18(10-12-19)23-21(24)17-7-13-20(14-8-17)28(25,26)22-15-16-5-3-2-4-6-16/h2-14,22H,15H2,1H3,(H,23,24). The van der Waals surface area contributed by atoms with Gasteiger partial charge in [-0.3, -0.25) is 4.79 Å². The third-order valence-electron chi connectivity index (χ3n) is 4.08. The van der Waals surface area contributed by atoms with E-state index in [1.807, 2.05) is 30.3 Å². The molecule has 0 fully saturated rings. The molecule has 0 aromatic heterocycles. The van der Waals surface area contributed by atoms with Gasteiger partial charge < -0.3 is 10.1 Å². The molecule has 3 aromatic rings. The van der Waals surface area contributed by atoms with Crippen LogP contribution < -0.4 is 14.8 Å². The van der Waals surface area contributed by atoms with E-state index in [1.54, 1.807) is 31.4 Å². The molecule has 0 saturated heterocycles. The Hall–Kier alpha value is -3.16. The maximum atomic E-state index is 12.4. The lowest BCUT2D eigenvalue weighted by molar-refractivity contribution is 0.102. The molecule has 0 heterocycles. The quantitative estimate of drug-likeness (QED) is 0.641. The molecule has 0 saturated carbocycles. The van der Waals surface area contributed by atoms with Crippen LogP contribution in [0, 0.1) is 0 Å². The minimum Gasteiger partial charge on any atom is -0.497 e. The van der Waals surface area contributed by atoms with Crippen LogP contribution in [-0.4, -0.2) is 21.4 Å². The van der Waals surface area contributed by atoms with Crippen molar-refractivity contribution in [1.29, 1.82) is 0 Å². The van der Waals surface area contributed by atoms with Crippen LogP contribution in [0.2, 0.25) is 0 Å². The highest BCUT2D eigenvalue weighted by Crippen LogP contribution is 2.17. The van der Waals surface area contributed by atoms with E-state index >= 15 is 0 Å². The van der Waals surface area contributed by atoms with E-state index in [0.29, 0.717) is 17.0 Å². The number of ether oxygens (including phenoxy) is 1. The van der Waals surface area contributed by atoms with E-state index < -0.39 is 10.0 Å². The maximum absolute atomic E-state index is 12.4. The fraction of sp³-hybridized carbons (Fsp3) is 0.0952. The summed E-state index contributed by atoms with van der Waals surface area (Å²) in [5.41, 5.74) is 1.84. The SMILES string of the molecule is COc1ccc(NC(=O)c2ccc(S(=O)(=O)NCc3ccccc3)cc2)cc1. The van der Waals surface area contributed by atoms with Crippen LogP contribution in [0.3, 0.4) is 0 Å². The molecule has 6 nitrogen and oxygen atoms in total. The van der Waals surface area contributed by atoms with Gasteiger partial charge in [0, 0.05) is 17.8 Å². The van der Waals surface area contributed by atoms with Gasteiger partial charge in [0.25, 0.3) is 5.91 Å². The first-order chi connectivity index (χ1) is 13.5. The Morgan fingerprint density at radius 1 is 0.893 bits per heavy atom. The number of benzene rings is 3. The van der Waals surface area contributed by atoms with Crippen molar-refractivity contribution in [2.45, 2.75) is 11.4 Å². The fourth-order valence-corrected chi connectivity index (χ4v) is 3.54. The molecule has 0 bridgehead atoms. The first kappa shape index (κ1) is 19.6. The van der Waals surface area contributed by atoms with Crippen molar-refractivity contribution >= 4 is 21.6 Å². The molecule has 2 N–H and O–H groups in total. The van der Waals surface area contributed by atoms with E-state index in [-0.39, 0.29) is 17.3 Å². The highest BCUT2D eigenvalue weighted by molar-refractivity contribution is 7.89. The van der Waals surface area contributed by atoms with Gasteiger partial charge >= 0.3 is 0 Å². The molecule has 0 aliphatic rings. The number of nitrogens with one attached hydrogen (secondary N) is 2. The lowest BCUT2D eigenvalue weighted by Gasteiger charge is -2.09. The molecule has 28 heavy (non-hydrogen) atoms. The third-order valence-corrected chi connectivity index (χ3v) is 5.50. The van der Waals surface area contributed by atoms with E-state index in [4.69, 9.17) is 4.74 Å². The summed E-state index contributed by atoms with van der Waals surface area (Å²) in [6.45, 7) is 0.197. The number of rotatable bonds is 7. The van der Waals surface area contributed by atoms with Gasteiger partial charge in [-0.1, -0.05) is 30.3 Å². The normalized spacial score (nSPS) is 11.0. The summed E-state index contributed by atoms with van der Waals surface area (Å²) < 4.78 is 32.5. The largest absolute Gasteiger partial charge is 0.497 e. The van der Waals surface area contributed by atoms with Gasteiger partial charge in [0.1, 0.15) is 5.75 Å². The first-order valence-electron chi connectivity index (χ1n) is 8.57. The second-order valence-electron chi connectivity index (χ2n) is 6.02. The van der Waals surface area contributed by atoms with Crippen molar-refractivity contribution in [3.8, 4) is 5.75 Å². The zero-order valence-electron chi connectivity index (χ0n) is 15.3. The number of methoxy groups -OCH3 is 1. The van der Waals surface area contributed by atoms with E-state index in [0.717, 1.165) is 5.56 Å². The van der Waals surface area contributed by atoms with Crippen LogP contribution in [0.5, 0.6) is 5.75 Å². The number of anilines is 1. The molecule has 3 rings (SSSR count). The van der Waals surface area contributed by atoms with Crippen LogP contribution in [-0.2, 0) is 16.6 Å². The summed E-state index contributed by atoms with van der Waals surface area (Å²) in [4.78, 5) is 12.4. The van der Waals surface area contributed by atoms with Crippen molar-refractivity contribution in [3.05, 3.63) is 90.0 Å². The molecule has 3 aromatic carbocycles. The summed E-state index contributed by atoms with van der Waals surface area (Å²) >= 11 is 0. The predicted octanol–water partition coefficient (Wildman–Crippen LogP) is 3.43. The van der Waals surface area contributed by atoms with E-state index in [2.05, 4.69) is 10.0 Å². The van der Waals surface area contributed by atoms with Crippen LogP contribution in [0.15, 0.2) is 83.8 Å². The average molecular weight is 396 g/mol. The smallest absolute Gasteiger partial charge is 0.255 e. The van der Waals surface area contributed by atoms with E-state index in [9.17, 15) is 13.2 Å². The van der Waals surface area contributed by atoms with Crippen LogP contribution in [0.1, 0.15) is 15.9 Å². The van der Waals surface area contributed by atoms with E-state index in [1.165, 1.54) is 24.3 Å².